The summed E-state index contributed by atoms with van der Waals surface area (Å²) in [5.74, 6) is 0. The predicted molar refractivity (Wildman–Crippen MR) is 64.6 cm³/mol. The van der Waals surface area contributed by atoms with Crippen molar-refractivity contribution in [1.29, 1.82) is 0 Å². The van der Waals surface area contributed by atoms with E-state index in [4.69, 9.17) is 11.6 Å². The van der Waals surface area contributed by atoms with Crippen molar-refractivity contribution in [1.82, 2.24) is 0 Å². The lowest BCUT2D eigenvalue weighted by molar-refractivity contribution is 0.451. The van der Waals surface area contributed by atoms with Gasteiger partial charge in [-0.15, -0.1) is 0 Å². The van der Waals surface area contributed by atoms with Gasteiger partial charge < -0.3 is 0 Å². The highest BCUT2D eigenvalue weighted by atomic mass is 35.5. The van der Waals surface area contributed by atoms with E-state index in [2.05, 4.69) is 11.1 Å². The Morgan fingerprint density at radius 1 is 1.38 bits per heavy atom. The van der Waals surface area contributed by atoms with Gasteiger partial charge in [-0.25, -0.2) is 9.79 Å². The molecule has 0 saturated heterocycles. The molecule has 1 aromatic carbocycles. The topological polar surface area (TPSA) is 29.4 Å². The molecule has 0 aromatic heterocycles. The fourth-order valence-corrected chi connectivity index (χ4v) is 2.78. The Morgan fingerprint density at radius 3 is 2.75 bits per heavy atom. The highest BCUT2D eigenvalue weighted by Crippen LogP contribution is 2.41. The van der Waals surface area contributed by atoms with Crippen molar-refractivity contribution in [3.63, 3.8) is 0 Å². The number of rotatable bonds is 3. The molecule has 0 unspecified atom stereocenters. The third kappa shape index (κ3) is 2.18. The van der Waals surface area contributed by atoms with E-state index < -0.39 is 0 Å². The number of halogens is 1. The zero-order valence-electron chi connectivity index (χ0n) is 9.08. The van der Waals surface area contributed by atoms with E-state index in [9.17, 15) is 4.79 Å². The lowest BCUT2D eigenvalue weighted by atomic mass is 9.79. The van der Waals surface area contributed by atoms with Crippen molar-refractivity contribution in [2.24, 2.45) is 4.99 Å². The van der Waals surface area contributed by atoms with Crippen LogP contribution in [0.25, 0.3) is 0 Å². The summed E-state index contributed by atoms with van der Waals surface area (Å²) in [6, 6.07) is 7.91. The Morgan fingerprint density at radius 2 is 2.12 bits per heavy atom. The zero-order valence-corrected chi connectivity index (χ0v) is 9.83. The van der Waals surface area contributed by atoms with Gasteiger partial charge in [-0.3, -0.25) is 0 Å². The monoisotopic (exact) mass is 235 g/mol. The molecule has 1 saturated carbocycles. The molecule has 84 valence electrons. The molecule has 1 fully saturated rings. The smallest absolute Gasteiger partial charge is 0.211 e. The van der Waals surface area contributed by atoms with E-state index in [1.165, 1.54) is 18.4 Å². The SMILES string of the molecule is O=C=NCC1(c2cccc(Cl)c2)CCCC1. The maximum atomic E-state index is 10.3. The molecule has 0 aliphatic heterocycles. The Hall–Kier alpha value is -1.11. The maximum Gasteiger partial charge on any atom is 0.234 e. The summed E-state index contributed by atoms with van der Waals surface area (Å²) in [5, 5.41) is 0.749. The van der Waals surface area contributed by atoms with Crippen LogP contribution in [-0.2, 0) is 10.2 Å². The molecule has 0 bridgehead atoms. The van der Waals surface area contributed by atoms with Crippen LogP contribution in [0, 0.1) is 0 Å². The van der Waals surface area contributed by atoms with Crippen molar-refractivity contribution < 1.29 is 4.79 Å². The second-order valence-corrected chi connectivity index (χ2v) is 4.84. The summed E-state index contributed by atoms with van der Waals surface area (Å²) in [7, 11) is 0. The molecular weight excluding hydrogens is 222 g/mol. The van der Waals surface area contributed by atoms with Gasteiger partial charge in [-0.05, 0) is 30.5 Å². The number of hydrogen-bond donors (Lipinski definition) is 0. The summed E-state index contributed by atoms with van der Waals surface area (Å²) in [6.45, 7) is 0.539. The van der Waals surface area contributed by atoms with Crippen LogP contribution in [0.2, 0.25) is 5.02 Å². The van der Waals surface area contributed by atoms with E-state index in [1.54, 1.807) is 6.08 Å². The van der Waals surface area contributed by atoms with E-state index >= 15 is 0 Å². The Bertz CT molecular complexity index is 418. The zero-order chi connectivity index (χ0) is 11.4. The molecule has 0 atom stereocenters. The summed E-state index contributed by atoms with van der Waals surface area (Å²) < 4.78 is 0. The van der Waals surface area contributed by atoms with Crippen molar-refractivity contribution in [2.75, 3.05) is 6.54 Å². The van der Waals surface area contributed by atoms with Crippen LogP contribution in [0.15, 0.2) is 29.3 Å². The Kier molecular flexibility index (Phi) is 3.42. The van der Waals surface area contributed by atoms with Crippen molar-refractivity contribution in [2.45, 2.75) is 31.1 Å². The first kappa shape index (κ1) is 11.4. The summed E-state index contributed by atoms with van der Waals surface area (Å²) in [5.41, 5.74) is 1.22. The number of aliphatic imine (C=N–C) groups is 1. The highest BCUT2D eigenvalue weighted by Gasteiger charge is 2.35. The first-order valence-electron chi connectivity index (χ1n) is 5.56. The Labute approximate surface area is 100 Å². The molecule has 16 heavy (non-hydrogen) atoms. The van der Waals surface area contributed by atoms with Crippen LogP contribution in [0.5, 0.6) is 0 Å². The first-order chi connectivity index (χ1) is 7.77. The molecule has 0 heterocycles. The second kappa shape index (κ2) is 4.82. The van der Waals surface area contributed by atoms with E-state index in [-0.39, 0.29) is 5.41 Å². The quantitative estimate of drug-likeness (QED) is 0.583. The van der Waals surface area contributed by atoms with Gasteiger partial charge in [0.1, 0.15) is 0 Å². The number of carbonyl (C=O) groups excluding carboxylic acids is 1. The minimum atomic E-state index is 0.0162. The molecule has 1 aromatic rings. The van der Waals surface area contributed by atoms with Gasteiger partial charge in [0.15, 0.2) is 0 Å². The lowest BCUT2D eigenvalue weighted by Crippen LogP contribution is -2.25. The van der Waals surface area contributed by atoms with Crippen LogP contribution < -0.4 is 0 Å². The van der Waals surface area contributed by atoms with Crippen LogP contribution >= 0.6 is 11.6 Å². The number of hydrogen-bond acceptors (Lipinski definition) is 2. The number of benzene rings is 1. The average molecular weight is 236 g/mol. The highest BCUT2D eigenvalue weighted by molar-refractivity contribution is 6.30. The molecule has 3 heteroatoms. The molecule has 0 spiro atoms. The molecule has 0 radical (unpaired) electrons. The minimum Gasteiger partial charge on any atom is -0.211 e. The van der Waals surface area contributed by atoms with Crippen molar-refractivity contribution in [3.8, 4) is 0 Å². The van der Waals surface area contributed by atoms with E-state index in [0.717, 1.165) is 17.9 Å². The number of nitrogens with zero attached hydrogens (tertiary/aromatic N) is 1. The average Bonchev–Trinajstić information content (AvgIpc) is 2.76. The van der Waals surface area contributed by atoms with Gasteiger partial charge in [-0.2, -0.15) is 0 Å². The van der Waals surface area contributed by atoms with Crippen LogP contribution in [-0.4, -0.2) is 12.6 Å². The van der Waals surface area contributed by atoms with Crippen molar-refractivity contribution in [3.05, 3.63) is 34.9 Å². The molecule has 0 amide bonds. The normalized spacial score (nSPS) is 18.1. The van der Waals surface area contributed by atoms with E-state index in [0.29, 0.717) is 6.54 Å². The maximum absolute atomic E-state index is 10.3. The fourth-order valence-electron chi connectivity index (χ4n) is 2.59. The molecule has 1 aliphatic rings. The van der Waals surface area contributed by atoms with Gasteiger partial charge in [0.25, 0.3) is 0 Å². The first-order valence-corrected chi connectivity index (χ1v) is 5.94. The third-order valence-corrected chi connectivity index (χ3v) is 3.68. The van der Waals surface area contributed by atoms with Crippen LogP contribution in [0.4, 0.5) is 0 Å². The second-order valence-electron chi connectivity index (χ2n) is 4.41. The van der Waals surface area contributed by atoms with Gasteiger partial charge in [0.05, 0.1) is 6.54 Å². The molecular formula is C13H14ClNO. The minimum absolute atomic E-state index is 0.0162. The third-order valence-electron chi connectivity index (χ3n) is 3.44. The van der Waals surface area contributed by atoms with Crippen molar-refractivity contribution >= 4 is 17.7 Å². The largest absolute Gasteiger partial charge is 0.234 e. The lowest BCUT2D eigenvalue weighted by Gasteiger charge is -2.27. The molecule has 0 N–H and O–H groups in total. The summed E-state index contributed by atoms with van der Waals surface area (Å²) >= 11 is 6.01. The van der Waals surface area contributed by atoms with Gasteiger partial charge >= 0.3 is 0 Å². The standard InChI is InChI=1S/C13H14ClNO/c14-12-5-3-4-11(8-12)13(9-15-10-16)6-1-2-7-13/h3-5,8H,1-2,6-7,9H2. The predicted octanol–water partition coefficient (Wildman–Crippen LogP) is 3.49. The summed E-state index contributed by atoms with van der Waals surface area (Å²) in [4.78, 5) is 14.1. The molecule has 1 aliphatic carbocycles. The van der Waals surface area contributed by atoms with Gasteiger partial charge in [0, 0.05) is 10.4 Å². The van der Waals surface area contributed by atoms with E-state index in [1.807, 2.05) is 18.2 Å². The fraction of sp³-hybridized carbons (Fsp3) is 0.462. The Balaban J connectivity index is 2.35. The van der Waals surface area contributed by atoms with Gasteiger partial charge in [0.2, 0.25) is 6.08 Å². The summed E-state index contributed by atoms with van der Waals surface area (Å²) in [6.07, 6.45) is 6.20. The van der Waals surface area contributed by atoms with Crippen LogP contribution in [0.1, 0.15) is 31.2 Å². The van der Waals surface area contributed by atoms with Crippen LogP contribution in [0.3, 0.4) is 0 Å². The molecule has 2 nitrogen and oxygen atoms in total. The van der Waals surface area contributed by atoms with Gasteiger partial charge in [-0.1, -0.05) is 36.6 Å². The molecule has 2 rings (SSSR count). The number of isocyanates is 1.